The Balaban J connectivity index is 2.24. The van der Waals surface area contributed by atoms with Crippen LogP contribution in [0.2, 0.25) is 0 Å². The van der Waals surface area contributed by atoms with Crippen LogP contribution in [0.4, 0.5) is 21.8 Å². The van der Waals surface area contributed by atoms with Crippen LogP contribution in [-0.4, -0.2) is 29.1 Å². The van der Waals surface area contributed by atoms with E-state index >= 15 is 0 Å². The quantitative estimate of drug-likeness (QED) is 0.653. The summed E-state index contributed by atoms with van der Waals surface area (Å²) in [6.45, 7) is 4.05. The van der Waals surface area contributed by atoms with Crippen LogP contribution in [0.15, 0.2) is 28.9 Å². The smallest absolute Gasteiger partial charge is 0.339 e. The number of carbonyl (C=O) groups is 1. The van der Waals surface area contributed by atoms with E-state index in [1.165, 1.54) is 7.11 Å². The molecule has 0 fully saturated rings. The number of halogens is 2. The van der Waals surface area contributed by atoms with Crippen LogP contribution in [0.3, 0.4) is 0 Å². The molecular formula is C17H20BrFN4O2. The zero-order valence-electron chi connectivity index (χ0n) is 14.3. The molecule has 134 valence electrons. The minimum Gasteiger partial charge on any atom is -0.465 e. The lowest BCUT2D eigenvalue weighted by Gasteiger charge is -2.16. The van der Waals surface area contributed by atoms with E-state index in [1.54, 1.807) is 18.2 Å². The first kappa shape index (κ1) is 19.1. The fourth-order valence-corrected chi connectivity index (χ4v) is 2.62. The highest BCUT2D eigenvalue weighted by Crippen LogP contribution is 2.24. The third-order valence-corrected chi connectivity index (χ3v) is 4.39. The predicted molar refractivity (Wildman–Crippen MR) is 98.7 cm³/mol. The van der Waals surface area contributed by atoms with E-state index in [-0.39, 0.29) is 17.8 Å². The summed E-state index contributed by atoms with van der Waals surface area (Å²) < 4.78 is 19.3. The number of methoxy groups -OCH3 is 1. The third kappa shape index (κ3) is 4.88. The van der Waals surface area contributed by atoms with E-state index in [0.29, 0.717) is 15.7 Å². The van der Waals surface area contributed by atoms with Gasteiger partial charge in [-0.3, -0.25) is 0 Å². The number of esters is 1. The van der Waals surface area contributed by atoms with Crippen LogP contribution >= 0.6 is 15.9 Å². The van der Waals surface area contributed by atoms with E-state index in [1.807, 2.05) is 13.8 Å². The highest BCUT2D eigenvalue weighted by molar-refractivity contribution is 9.10. The Morgan fingerprint density at radius 1 is 1.36 bits per heavy atom. The first-order valence-electron chi connectivity index (χ1n) is 7.92. The highest BCUT2D eigenvalue weighted by atomic mass is 79.9. The molecule has 1 aromatic carbocycles. The summed E-state index contributed by atoms with van der Waals surface area (Å²) in [6, 6.07) is 5.20. The standard InChI is InChI=1S/C17H20BrFN4O2/c1-4-10(5-2)21-15-14(19)9-20-17(23-15)22-11-6-7-13(18)12(8-11)16(24)25-3/h6-10H,4-5H2,1-3H3,(H2,20,21,22,23). The van der Waals surface area contributed by atoms with Crippen molar-refractivity contribution in [2.75, 3.05) is 17.7 Å². The molecule has 25 heavy (non-hydrogen) atoms. The Morgan fingerprint density at radius 2 is 2.08 bits per heavy atom. The second-order valence-corrected chi connectivity index (χ2v) is 6.21. The van der Waals surface area contributed by atoms with Crippen LogP contribution in [0.5, 0.6) is 0 Å². The van der Waals surface area contributed by atoms with Crippen LogP contribution in [-0.2, 0) is 4.74 Å². The molecule has 0 unspecified atom stereocenters. The summed E-state index contributed by atoms with van der Waals surface area (Å²) in [5.74, 6) is -0.598. The van der Waals surface area contributed by atoms with Gasteiger partial charge in [0.15, 0.2) is 11.6 Å². The molecule has 0 bridgehead atoms. The van der Waals surface area contributed by atoms with Crippen molar-refractivity contribution in [1.82, 2.24) is 9.97 Å². The van der Waals surface area contributed by atoms with Gasteiger partial charge in [-0.1, -0.05) is 13.8 Å². The zero-order chi connectivity index (χ0) is 18.4. The first-order chi connectivity index (χ1) is 12.0. The van der Waals surface area contributed by atoms with Crippen molar-refractivity contribution in [3.8, 4) is 0 Å². The summed E-state index contributed by atoms with van der Waals surface area (Å²) in [5, 5.41) is 6.04. The van der Waals surface area contributed by atoms with Crippen molar-refractivity contribution in [1.29, 1.82) is 0 Å². The zero-order valence-corrected chi connectivity index (χ0v) is 15.9. The van der Waals surface area contributed by atoms with Crippen LogP contribution in [0.25, 0.3) is 0 Å². The number of carbonyl (C=O) groups excluding carboxylic acids is 1. The van der Waals surface area contributed by atoms with Crippen molar-refractivity contribution in [3.05, 3.63) is 40.2 Å². The number of ether oxygens (including phenoxy) is 1. The number of nitrogens with zero attached hydrogens (tertiary/aromatic N) is 2. The molecule has 1 aromatic heterocycles. The normalized spacial score (nSPS) is 10.6. The SMILES string of the molecule is CCC(CC)Nc1nc(Nc2ccc(Br)c(C(=O)OC)c2)ncc1F. The number of rotatable bonds is 7. The Bertz CT molecular complexity index is 753. The molecule has 0 radical (unpaired) electrons. The maximum Gasteiger partial charge on any atom is 0.339 e. The van der Waals surface area contributed by atoms with Gasteiger partial charge < -0.3 is 15.4 Å². The molecule has 2 aromatic rings. The molecule has 0 saturated heterocycles. The van der Waals surface area contributed by atoms with E-state index < -0.39 is 11.8 Å². The topological polar surface area (TPSA) is 76.1 Å². The number of hydrogen-bond donors (Lipinski definition) is 2. The molecule has 0 spiro atoms. The number of nitrogens with one attached hydrogen (secondary N) is 2. The van der Waals surface area contributed by atoms with Crippen molar-refractivity contribution in [3.63, 3.8) is 0 Å². The van der Waals surface area contributed by atoms with Gasteiger partial charge in [0.2, 0.25) is 5.95 Å². The average molecular weight is 411 g/mol. The van der Waals surface area contributed by atoms with Crippen molar-refractivity contribution >= 4 is 39.4 Å². The maximum atomic E-state index is 13.9. The molecule has 8 heteroatoms. The van der Waals surface area contributed by atoms with Gasteiger partial charge in [-0.2, -0.15) is 4.98 Å². The van der Waals surface area contributed by atoms with Crippen molar-refractivity contribution in [2.45, 2.75) is 32.7 Å². The fourth-order valence-electron chi connectivity index (χ4n) is 2.21. The van der Waals surface area contributed by atoms with Gasteiger partial charge in [0.1, 0.15) is 0 Å². The maximum absolute atomic E-state index is 13.9. The van der Waals surface area contributed by atoms with Crippen LogP contribution in [0, 0.1) is 5.82 Å². The van der Waals surface area contributed by atoms with Gasteiger partial charge in [0.25, 0.3) is 0 Å². The van der Waals surface area contributed by atoms with E-state index in [9.17, 15) is 9.18 Å². The monoisotopic (exact) mass is 410 g/mol. The summed E-state index contributed by atoms with van der Waals surface area (Å²) in [6.07, 6.45) is 2.83. The van der Waals surface area contributed by atoms with Gasteiger partial charge >= 0.3 is 5.97 Å². The van der Waals surface area contributed by atoms with Crippen molar-refractivity contribution in [2.24, 2.45) is 0 Å². The average Bonchev–Trinajstić information content (AvgIpc) is 2.63. The molecule has 0 amide bonds. The summed E-state index contributed by atoms with van der Waals surface area (Å²) in [7, 11) is 1.31. The molecule has 0 aliphatic carbocycles. The Kier molecular flexibility index (Phi) is 6.69. The van der Waals surface area contributed by atoms with Crippen LogP contribution < -0.4 is 10.6 Å². The lowest BCUT2D eigenvalue weighted by atomic mass is 10.2. The Hall–Kier alpha value is -2.22. The molecule has 0 aliphatic rings. The highest BCUT2D eigenvalue weighted by Gasteiger charge is 2.13. The van der Waals surface area contributed by atoms with Crippen LogP contribution in [0.1, 0.15) is 37.0 Å². The van der Waals surface area contributed by atoms with Gasteiger partial charge in [0.05, 0.1) is 18.9 Å². The summed E-state index contributed by atoms with van der Waals surface area (Å²) in [4.78, 5) is 19.9. The molecular weight excluding hydrogens is 391 g/mol. The fraction of sp³-hybridized carbons (Fsp3) is 0.353. The van der Waals surface area contributed by atoms with Gasteiger partial charge in [-0.25, -0.2) is 14.2 Å². The van der Waals surface area contributed by atoms with Gasteiger partial charge in [0, 0.05) is 16.2 Å². The Morgan fingerprint density at radius 3 is 2.72 bits per heavy atom. The first-order valence-corrected chi connectivity index (χ1v) is 8.71. The lowest BCUT2D eigenvalue weighted by Crippen LogP contribution is -2.19. The van der Waals surface area contributed by atoms with Crippen molar-refractivity contribution < 1.29 is 13.9 Å². The Labute approximate surface area is 154 Å². The second kappa shape index (κ2) is 8.75. The van der Waals surface area contributed by atoms with E-state index in [0.717, 1.165) is 19.0 Å². The minimum absolute atomic E-state index is 0.135. The molecule has 6 nitrogen and oxygen atoms in total. The molecule has 0 saturated carbocycles. The molecule has 2 rings (SSSR count). The van der Waals surface area contributed by atoms with E-state index in [2.05, 4.69) is 36.5 Å². The molecule has 2 N–H and O–H groups in total. The van der Waals surface area contributed by atoms with Gasteiger partial charge in [-0.15, -0.1) is 0 Å². The molecule has 1 heterocycles. The number of aromatic nitrogens is 2. The number of hydrogen-bond acceptors (Lipinski definition) is 6. The summed E-state index contributed by atoms with van der Waals surface area (Å²) in [5.41, 5.74) is 0.952. The molecule has 0 aliphatic heterocycles. The predicted octanol–water partition coefficient (Wildman–Crippen LogP) is 4.51. The summed E-state index contributed by atoms with van der Waals surface area (Å²) >= 11 is 3.30. The largest absolute Gasteiger partial charge is 0.465 e. The molecule has 0 atom stereocenters. The van der Waals surface area contributed by atoms with E-state index in [4.69, 9.17) is 4.74 Å². The second-order valence-electron chi connectivity index (χ2n) is 5.36. The number of benzene rings is 1. The lowest BCUT2D eigenvalue weighted by molar-refractivity contribution is 0.0599. The third-order valence-electron chi connectivity index (χ3n) is 3.70. The van der Waals surface area contributed by atoms with Gasteiger partial charge in [-0.05, 0) is 47.0 Å². The number of anilines is 3. The minimum atomic E-state index is -0.511.